The molecule has 1 aromatic heterocycles. The summed E-state index contributed by atoms with van der Waals surface area (Å²) in [6.07, 6.45) is 0.411. The number of ether oxygens (including phenoxy) is 1. The smallest absolute Gasteiger partial charge is 0.275 e. The highest BCUT2D eigenvalue weighted by Crippen LogP contribution is 2.13. The van der Waals surface area contributed by atoms with E-state index >= 15 is 0 Å². The molecule has 0 saturated carbocycles. The van der Waals surface area contributed by atoms with E-state index in [2.05, 4.69) is 20.6 Å². The molecule has 4 rings (SSSR count). The maximum atomic E-state index is 12.7. The molecule has 2 amide bonds. The van der Waals surface area contributed by atoms with Gasteiger partial charge in [-0.25, -0.2) is 4.68 Å². The number of nitrogens with zero attached hydrogens (tertiary/aromatic N) is 3. The van der Waals surface area contributed by atoms with Gasteiger partial charge in [-0.1, -0.05) is 30.3 Å². The third-order valence-electron chi connectivity index (χ3n) is 5.80. The third kappa shape index (κ3) is 6.06. The van der Waals surface area contributed by atoms with Crippen molar-refractivity contribution in [2.24, 2.45) is 0 Å². The number of amides is 2. The SMILES string of the molecule is Cc1nn(CC(=O)NCc2cccc(NC(=O)CCN3CCOCC3)c2)c(=O)c2ccccc12. The zero-order valence-electron chi connectivity index (χ0n) is 19.3. The number of hydrogen-bond donors (Lipinski definition) is 2. The van der Waals surface area contributed by atoms with Crippen LogP contribution in [0.25, 0.3) is 10.8 Å². The van der Waals surface area contributed by atoms with Crippen molar-refractivity contribution in [1.29, 1.82) is 0 Å². The van der Waals surface area contributed by atoms with Gasteiger partial charge in [-0.05, 0) is 30.7 Å². The van der Waals surface area contributed by atoms with Crippen molar-refractivity contribution in [2.45, 2.75) is 26.4 Å². The topological polar surface area (TPSA) is 106 Å². The van der Waals surface area contributed by atoms with E-state index in [1.54, 1.807) is 12.1 Å². The molecule has 2 N–H and O–H groups in total. The summed E-state index contributed by atoms with van der Waals surface area (Å²) in [5.74, 6) is -0.367. The molecule has 1 aliphatic rings. The molecule has 0 unspecified atom stereocenters. The monoisotopic (exact) mass is 463 g/mol. The van der Waals surface area contributed by atoms with Crippen molar-refractivity contribution in [3.8, 4) is 0 Å². The maximum absolute atomic E-state index is 12.7. The standard InChI is InChI=1S/C25H29N5O4/c1-18-21-7-2-3-8-22(21)25(33)30(28-18)17-24(32)26-16-19-5-4-6-20(15-19)27-23(31)9-10-29-11-13-34-14-12-29/h2-8,15H,9-14,16-17H2,1H3,(H,26,32)(H,27,31). The molecule has 1 aliphatic heterocycles. The van der Waals surface area contributed by atoms with E-state index in [1.807, 2.05) is 43.3 Å². The number of rotatable bonds is 8. The Labute approximate surface area is 197 Å². The Kier molecular flexibility index (Phi) is 7.66. The molecule has 3 aromatic rings. The molecule has 0 atom stereocenters. The Hall–Kier alpha value is -3.56. The van der Waals surface area contributed by atoms with E-state index in [4.69, 9.17) is 4.74 Å². The number of morpholine rings is 1. The van der Waals surface area contributed by atoms with Gasteiger partial charge in [0.2, 0.25) is 11.8 Å². The van der Waals surface area contributed by atoms with Crippen LogP contribution in [-0.4, -0.2) is 59.3 Å². The molecule has 0 aliphatic carbocycles. The fraction of sp³-hybridized carbons (Fsp3) is 0.360. The molecule has 0 radical (unpaired) electrons. The average molecular weight is 464 g/mol. The molecule has 1 fully saturated rings. The van der Waals surface area contributed by atoms with Gasteiger partial charge in [0.05, 0.1) is 24.3 Å². The summed E-state index contributed by atoms with van der Waals surface area (Å²) in [7, 11) is 0. The van der Waals surface area contributed by atoms with Crippen molar-refractivity contribution in [3.05, 3.63) is 70.1 Å². The minimum Gasteiger partial charge on any atom is -0.379 e. The highest BCUT2D eigenvalue weighted by atomic mass is 16.5. The summed E-state index contributed by atoms with van der Waals surface area (Å²) in [6, 6.07) is 14.6. The predicted octanol–water partition coefficient (Wildman–Crippen LogP) is 1.68. The van der Waals surface area contributed by atoms with Gasteiger partial charge in [-0.15, -0.1) is 0 Å². The fourth-order valence-electron chi connectivity index (χ4n) is 3.97. The summed E-state index contributed by atoms with van der Waals surface area (Å²) < 4.78 is 6.52. The number of hydrogen-bond acceptors (Lipinski definition) is 6. The molecule has 2 aromatic carbocycles. The second-order valence-electron chi connectivity index (χ2n) is 8.32. The van der Waals surface area contributed by atoms with Crippen LogP contribution in [0.2, 0.25) is 0 Å². The minimum atomic E-state index is -0.316. The largest absolute Gasteiger partial charge is 0.379 e. The zero-order valence-corrected chi connectivity index (χ0v) is 19.3. The average Bonchev–Trinajstić information content (AvgIpc) is 2.85. The van der Waals surface area contributed by atoms with E-state index in [0.717, 1.165) is 24.0 Å². The summed E-state index contributed by atoms with van der Waals surface area (Å²) in [5.41, 5.74) is 1.93. The number of anilines is 1. The van der Waals surface area contributed by atoms with Gasteiger partial charge >= 0.3 is 0 Å². The lowest BCUT2D eigenvalue weighted by Crippen LogP contribution is -2.38. The quantitative estimate of drug-likeness (QED) is 0.527. The lowest BCUT2D eigenvalue weighted by atomic mass is 10.1. The van der Waals surface area contributed by atoms with Crippen LogP contribution in [0.3, 0.4) is 0 Å². The summed E-state index contributed by atoms with van der Waals surface area (Å²) in [4.78, 5) is 39.7. The lowest BCUT2D eigenvalue weighted by molar-refractivity contribution is -0.122. The van der Waals surface area contributed by atoms with Gasteiger partial charge in [0.1, 0.15) is 6.54 Å². The molecule has 34 heavy (non-hydrogen) atoms. The van der Waals surface area contributed by atoms with Crippen LogP contribution in [0.1, 0.15) is 17.7 Å². The number of fused-ring (bicyclic) bond motifs is 1. The first-order valence-electron chi connectivity index (χ1n) is 11.4. The molecule has 2 heterocycles. The maximum Gasteiger partial charge on any atom is 0.275 e. The number of carbonyl (C=O) groups excluding carboxylic acids is 2. The number of carbonyl (C=O) groups is 2. The first-order valence-corrected chi connectivity index (χ1v) is 11.4. The van der Waals surface area contributed by atoms with Crippen molar-refractivity contribution in [3.63, 3.8) is 0 Å². The van der Waals surface area contributed by atoms with Crippen LogP contribution in [0.5, 0.6) is 0 Å². The van der Waals surface area contributed by atoms with Gasteiger partial charge in [0.15, 0.2) is 0 Å². The first kappa shape index (κ1) is 23.6. The van der Waals surface area contributed by atoms with Gasteiger partial charge in [-0.2, -0.15) is 5.10 Å². The summed E-state index contributed by atoms with van der Waals surface area (Å²) >= 11 is 0. The van der Waals surface area contributed by atoms with Crippen LogP contribution in [-0.2, 0) is 27.4 Å². The molecule has 9 heteroatoms. The van der Waals surface area contributed by atoms with Crippen molar-refractivity contribution in [1.82, 2.24) is 20.0 Å². The molecule has 9 nitrogen and oxygen atoms in total. The van der Waals surface area contributed by atoms with Crippen LogP contribution in [0, 0.1) is 6.92 Å². The normalized spacial score (nSPS) is 14.1. The Morgan fingerprint density at radius 1 is 1.03 bits per heavy atom. The highest BCUT2D eigenvalue weighted by Gasteiger charge is 2.13. The molecule has 1 saturated heterocycles. The Morgan fingerprint density at radius 3 is 2.59 bits per heavy atom. The zero-order chi connectivity index (χ0) is 23.9. The highest BCUT2D eigenvalue weighted by molar-refractivity contribution is 5.91. The molecule has 0 bridgehead atoms. The lowest BCUT2D eigenvalue weighted by Gasteiger charge is -2.26. The van der Waals surface area contributed by atoms with Crippen molar-refractivity contribution in [2.75, 3.05) is 38.2 Å². The second kappa shape index (κ2) is 11.0. The Morgan fingerprint density at radius 2 is 1.79 bits per heavy atom. The fourth-order valence-corrected chi connectivity index (χ4v) is 3.97. The van der Waals surface area contributed by atoms with E-state index in [9.17, 15) is 14.4 Å². The Balaban J connectivity index is 1.30. The van der Waals surface area contributed by atoms with Crippen molar-refractivity contribution >= 4 is 28.3 Å². The number of nitrogens with one attached hydrogen (secondary N) is 2. The number of aromatic nitrogens is 2. The predicted molar refractivity (Wildman–Crippen MR) is 130 cm³/mol. The molecule has 0 spiro atoms. The third-order valence-corrected chi connectivity index (χ3v) is 5.80. The van der Waals surface area contributed by atoms with Crippen LogP contribution < -0.4 is 16.2 Å². The summed E-state index contributed by atoms with van der Waals surface area (Å²) in [5, 5.41) is 11.3. The van der Waals surface area contributed by atoms with Gasteiger partial charge in [0.25, 0.3) is 5.56 Å². The van der Waals surface area contributed by atoms with E-state index in [0.29, 0.717) is 42.9 Å². The number of benzene rings is 2. The van der Waals surface area contributed by atoms with Gasteiger partial charge < -0.3 is 15.4 Å². The summed E-state index contributed by atoms with van der Waals surface area (Å²) in [6.45, 7) is 5.75. The van der Waals surface area contributed by atoms with Crippen molar-refractivity contribution < 1.29 is 14.3 Å². The molecule has 178 valence electrons. The minimum absolute atomic E-state index is 0.0511. The second-order valence-corrected chi connectivity index (χ2v) is 8.32. The van der Waals surface area contributed by atoms with Crippen LogP contribution >= 0.6 is 0 Å². The van der Waals surface area contributed by atoms with Crippen LogP contribution in [0.4, 0.5) is 5.69 Å². The molecular formula is C25H29N5O4. The Bertz CT molecular complexity index is 1230. The number of aryl methyl sites for hydroxylation is 1. The van der Waals surface area contributed by atoms with E-state index in [1.165, 1.54) is 4.68 Å². The first-order chi connectivity index (χ1) is 16.5. The van der Waals surface area contributed by atoms with E-state index in [-0.39, 0.29) is 30.5 Å². The van der Waals surface area contributed by atoms with E-state index < -0.39 is 0 Å². The molecular weight excluding hydrogens is 434 g/mol. The van der Waals surface area contributed by atoms with Gasteiger partial charge in [0, 0.05) is 43.7 Å². The van der Waals surface area contributed by atoms with Gasteiger partial charge in [-0.3, -0.25) is 19.3 Å². The van der Waals surface area contributed by atoms with Crippen LogP contribution in [0.15, 0.2) is 53.3 Å².